The zero-order valence-corrected chi connectivity index (χ0v) is 20.6. The van der Waals surface area contributed by atoms with E-state index in [0.717, 1.165) is 11.1 Å². The number of alkyl carbamates (subject to hydrolysis) is 1. The number of anilines is 1. The molecule has 10 nitrogen and oxygen atoms in total. The lowest BCUT2D eigenvalue weighted by molar-refractivity contribution is 0.0464. The van der Waals surface area contributed by atoms with Crippen molar-refractivity contribution < 1.29 is 18.8 Å². The van der Waals surface area contributed by atoms with Crippen molar-refractivity contribution in [1.82, 2.24) is 24.8 Å². The maximum Gasteiger partial charge on any atom is 0.407 e. The molecule has 2 amide bonds. The number of pyridine rings is 1. The molecule has 0 saturated heterocycles. The van der Waals surface area contributed by atoms with E-state index in [2.05, 4.69) is 25.8 Å². The molecule has 3 heterocycles. The molecule has 1 saturated carbocycles. The summed E-state index contributed by atoms with van der Waals surface area (Å²) in [6.45, 7) is 7.41. The van der Waals surface area contributed by atoms with Crippen LogP contribution in [0, 0.1) is 6.92 Å². The third-order valence-electron chi connectivity index (χ3n) is 6.04. The minimum atomic E-state index is -0.534. The molecule has 5 rings (SSSR count). The fourth-order valence-electron chi connectivity index (χ4n) is 4.11. The molecule has 0 radical (unpaired) electrons. The molecule has 0 bridgehead atoms. The van der Waals surface area contributed by atoms with Crippen molar-refractivity contribution in [2.75, 3.05) is 5.32 Å². The molecule has 2 N–H and O–H groups in total. The third kappa shape index (κ3) is 4.93. The Kier molecular flexibility index (Phi) is 5.95. The lowest BCUT2D eigenvalue weighted by Gasteiger charge is -2.33. The first-order valence-corrected chi connectivity index (χ1v) is 11.8. The summed E-state index contributed by atoms with van der Waals surface area (Å²) in [7, 11) is 0. The Morgan fingerprint density at radius 2 is 1.97 bits per heavy atom. The van der Waals surface area contributed by atoms with Crippen molar-refractivity contribution in [3.63, 3.8) is 0 Å². The van der Waals surface area contributed by atoms with Crippen LogP contribution in [0.5, 0.6) is 0 Å². The number of imidazole rings is 1. The molecule has 0 aliphatic heterocycles. The van der Waals surface area contributed by atoms with Gasteiger partial charge >= 0.3 is 6.09 Å². The van der Waals surface area contributed by atoms with Gasteiger partial charge in [0.05, 0.1) is 6.20 Å². The highest BCUT2D eigenvalue weighted by atomic mass is 16.6. The largest absolute Gasteiger partial charge is 0.444 e. The summed E-state index contributed by atoms with van der Waals surface area (Å²) >= 11 is 0. The SMILES string of the molecule is Cc1ccc(-c2noc([C@H]3C[C@H](NC(=O)OC(C)(C)C)C3)n2)cc1NC(=O)c1cnc2ccccn12. The highest BCUT2D eigenvalue weighted by Gasteiger charge is 2.36. The van der Waals surface area contributed by atoms with Crippen LogP contribution in [0.4, 0.5) is 10.5 Å². The van der Waals surface area contributed by atoms with E-state index >= 15 is 0 Å². The fraction of sp³-hybridized carbons (Fsp3) is 0.346. The van der Waals surface area contributed by atoms with E-state index in [1.54, 1.807) is 16.8 Å². The molecule has 1 fully saturated rings. The first-order valence-electron chi connectivity index (χ1n) is 11.8. The molecule has 1 aliphatic carbocycles. The topological polar surface area (TPSA) is 124 Å². The van der Waals surface area contributed by atoms with Crippen molar-refractivity contribution in [2.24, 2.45) is 0 Å². The van der Waals surface area contributed by atoms with Crippen LogP contribution in [-0.4, -0.2) is 43.2 Å². The number of rotatable bonds is 5. The summed E-state index contributed by atoms with van der Waals surface area (Å²) in [5.74, 6) is 0.787. The summed E-state index contributed by atoms with van der Waals surface area (Å²) in [5, 5.41) is 9.98. The Balaban J connectivity index is 1.24. The Hall–Kier alpha value is -4.21. The molecule has 1 aliphatic rings. The number of aromatic nitrogens is 4. The molecule has 186 valence electrons. The van der Waals surface area contributed by atoms with Gasteiger partial charge in [-0.25, -0.2) is 9.78 Å². The molecule has 0 unspecified atom stereocenters. The van der Waals surface area contributed by atoms with Crippen LogP contribution in [0.2, 0.25) is 0 Å². The van der Waals surface area contributed by atoms with Gasteiger partial charge in [0.25, 0.3) is 5.91 Å². The van der Waals surface area contributed by atoms with E-state index in [1.165, 1.54) is 0 Å². The summed E-state index contributed by atoms with van der Waals surface area (Å²) in [6.07, 6.45) is 4.34. The smallest absolute Gasteiger partial charge is 0.407 e. The summed E-state index contributed by atoms with van der Waals surface area (Å²) in [4.78, 5) is 33.7. The van der Waals surface area contributed by atoms with Gasteiger partial charge in [-0.1, -0.05) is 23.4 Å². The van der Waals surface area contributed by atoms with Crippen molar-refractivity contribution in [2.45, 2.75) is 58.1 Å². The van der Waals surface area contributed by atoms with Crippen LogP contribution >= 0.6 is 0 Å². The van der Waals surface area contributed by atoms with Gasteiger partial charge in [-0.15, -0.1) is 0 Å². The maximum atomic E-state index is 13.0. The van der Waals surface area contributed by atoms with Crippen LogP contribution < -0.4 is 10.6 Å². The monoisotopic (exact) mass is 488 g/mol. The number of hydrogen-bond acceptors (Lipinski definition) is 7. The van der Waals surface area contributed by atoms with Crippen molar-refractivity contribution >= 4 is 23.3 Å². The molecular formula is C26H28N6O4. The molecule has 3 aromatic heterocycles. The van der Waals surface area contributed by atoms with E-state index in [4.69, 9.17) is 9.26 Å². The molecule has 4 aromatic rings. The maximum absolute atomic E-state index is 13.0. The zero-order chi connectivity index (χ0) is 25.4. The highest BCUT2D eigenvalue weighted by Crippen LogP contribution is 2.37. The predicted molar refractivity (Wildman–Crippen MR) is 133 cm³/mol. The van der Waals surface area contributed by atoms with Gasteiger partial charge in [-0.05, 0) is 64.3 Å². The first-order chi connectivity index (χ1) is 17.2. The highest BCUT2D eigenvalue weighted by molar-refractivity contribution is 6.04. The van der Waals surface area contributed by atoms with E-state index in [-0.39, 0.29) is 17.9 Å². The number of amides is 2. The molecular weight excluding hydrogens is 460 g/mol. The second-order valence-electron chi connectivity index (χ2n) is 10.0. The zero-order valence-electron chi connectivity index (χ0n) is 20.6. The van der Waals surface area contributed by atoms with Crippen molar-refractivity contribution in [1.29, 1.82) is 0 Å². The van der Waals surface area contributed by atoms with E-state index < -0.39 is 11.7 Å². The Labute approximate surface area is 208 Å². The van der Waals surface area contributed by atoms with E-state index in [9.17, 15) is 9.59 Å². The van der Waals surface area contributed by atoms with Gasteiger partial charge in [-0.3, -0.25) is 9.20 Å². The third-order valence-corrected chi connectivity index (χ3v) is 6.04. The second-order valence-corrected chi connectivity index (χ2v) is 10.0. The quantitative estimate of drug-likeness (QED) is 0.417. The Bertz CT molecular complexity index is 1430. The number of fused-ring (bicyclic) bond motifs is 1. The van der Waals surface area contributed by atoms with Gasteiger partial charge in [0.15, 0.2) is 0 Å². The number of hydrogen-bond donors (Lipinski definition) is 2. The Morgan fingerprint density at radius 1 is 1.17 bits per heavy atom. The number of nitrogens with one attached hydrogen (secondary N) is 2. The lowest BCUT2D eigenvalue weighted by Crippen LogP contribution is -2.45. The van der Waals surface area contributed by atoms with Gasteiger partial charge in [-0.2, -0.15) is 4.98 Å². The van der Waals surface area contributed by atoms with Gasteiger partial charge in [0.1, 0.15) is 16.9 Å². The van der Waals surface area contributed by atoms with Crippen LogP contribution in [-0.2, 0) is 4.74 Å². The van der Waals surface area contributed by atoms with Crippen LogP contribution in [0.1, 0.15) is 61.5 Å². The number of carbonyl (C=O) groups is 2. The summed E-state index contributed by atoms with van der Waals surface area (Å²) in [6, 6.07) is 11.2. The number of nitrogens with zero attached hydrogens (tertiary/aromatic N) is 4. The molecule has 0 atom stereocenters. The molecule has 1 aromatic carbocycles. The van der Waals surface area contributed by atoms with Crippen LogP contribution in [0.25, 0.3) is 17.0 Å². The predicted octanol–water partition coefficient (Wildman–Crippen LogP) is 4.72. The van der Waals surface area contributed by atoms with Crippen LogP contribution in [0.15, 0.2) is 53.3 Å². The number of aryl methyl sites for hydroxylation is 1. The average Bonchev–Trinajstić information content (AvgIpc) is 3.44. The van der Waals surface area contributed by atoms with Crippen molar-refractivity contribution in [3.8, 4) is 11.4 Å². The summed E-state index contributed by atoms with van der Waals surface area (Å²) in [5.41, 5.74) is 2.89. The number of ether oxygens (including phenoxy) is 1. The van der Waals surface area contributed by atoms with E-state index in [0.29, 0.717) is 41.6 Å². The normalized spacial score (nSPS) is 17.4. The standard InChI is InChI=1S/C26H28N6O4/c1-15-8-9-16(13-19(15)29-23(33)20-14-27-21-7-5-6-10-32(20)21)22-30-24(36-31-22)17-11-18(12-17)28-25(34)35-26(2,3)4/h5-10,13-14,17-18H,11-12H2,1-4H3,(H,28,34)(H,29,33)/t17-,18-. The second kappa shape index (κ2) is 9.10. The van der Waals surface area contributed by atoms with Gasteiger partial charge < -0.3 is 19.9 Å². The van der Waals surface area contributed by atoms with Gasteiger partial charge in [0, 0.05) is 29.4 Å². The van der Waals surface area contributed by atoms with Crippen molar-refractivity contribution in [3.05, 3.63) is 65.9 Å². The minimum Gasteiger partial charge on any atom is -0.444 e. The Morgan fingerprint density at radius 3 is 2.75 bits per heavy atom. The number of benzene rings is 1. The lowest BCUT2D eigenvalue weighted by atomic mass is 9.80. The average molecular weight is 489 g/mol. The van der Waals surface area contributed by atoms with Gasteiger partial charge in [0.2, 0.25) is 11.7 Å². The molecule has 36 heavy (non-hydrogen) atoms. The minimum absolute atomic E-state index is 0.0148. The number of carbonyl (C=O) groups excluding carboxylic acids is 2. The van der Waals surface area contributed by atoms with E-state index in [1.807, 2.05) is 64.1 Å². The fourth-order valence-corrected chi connectivity index (χ4v) is 4.11. The first kappa shape index (κ1) is 23.5. The summed E-state index contributed by atoms with van der Waals surface area (Å²) < 4.78 is 12.6. The van der Waals surface area contributed by atoms with Crippen LogP contribution in [0.3, 0.4) is 0 Å². The molecule has 0 spiro atoms. The molecule has 10 heteroatoms.